The minimum atomic E-state index is -1.01. The van der Waals surface area contributed by atoms with Crippen molar-refractivity contribution in [3.63, 3.8) is 0 Å². The molecule has 1 unspecified atom stereocenters. The first-order chi connectivity index (χ1) is 23.2. The molecule has 6 rings (SSSR count). The maximum absolute atomic E-state index is 13.5. The van der Waals surface area contributed by atoms with Gasteiger partial charge in [0.2, 0.25) is 0 Å². The molecule has 0 aromatic heterocycles. The van der Waals surface area contributed by atoms with Crippen molar-refractivity contribution in [3.05, 3.63) is 94.1 Å². The van der Waals surface area contributed by atoms with Gasteiger partial charge in [0, 0.05) is 25.9 Å². The Labute approximate surface area is 287 Å². The number of methoxy groups -OCH3 is 2. The summed E-state index contributed by atoms with van der Waals surface area (Å²) >= 11 is 0. The molecule has 2 amide bonds. The molecule has 3 aromatic carbocycles. The molecule has 10 nitrogen and oxygen atoms in total. The van der Waals surface area contributed by atoms with Gasteiger partial charge in [0.05, 0.1) is 36.5 Å². The van der Waals surface area contributed by atoms with Gasteiger partial charge in [-0.15, -0.1) is 13.2 Å². The monoisotopic (exact) mass is 668 g/mol. The average Bonchev–Trinajstić information content (AvgIpc) is 3.04. The van der Waals surface area contributed by atoms with Crippen molar-refractivity contribution >= 4 is 11.8 Å². The molecule has 3 aliphatic rings. The minimum absolute atomic E-state index is 0.171. The second kappa shape index (κ2) is 12.3. The highest BCUT2D eigenvalue weighted by Crippen LogP contribution is 2.56. The lowest BCUT2D eigenvalue weighted by Crippen LogP contribution is -2.55. The number of benzene rings is 3. The van der Waals surface area contributed by atoms with Crippen LogP contribution in [0.1, 0.15) is 81.8 Å². The fourth-order valence-corrected chi connectivity index (χ4v) is 7.35. The molecule has 10 heteroatoms. The number of hydrogen-bond acceptors (Lipinski definition) is 8. The smallest absolute Gasteiger partial charge is 0.255 e. The zero-order chi connectivity index (χ0) is 35.5. The van der Waals surface area contributed by atoms with Crippen LogP contribution in [0.3, 0.4) is 0 Å². The third-order valence-corrected chi connectivity index (χ3v) is 9.54. The zero-order valence-electron chi connectivity index (χ0n) is 29.5. The van der Waals surface area contributed by atoms with E-state index in [0.29, 0.717) is 47.0 Å². The lowest BCUT2D eigenvalue weighted by Gasteiger charge is -2.52. The van der Waals surface area contributed by atoms with Gasteiger partial charge in [-0.05, 0) is 99.2 Å². The number of fused-ring (bicyclic) bond motifs is 4. The maximum atomic E-state index is 13.5. The molecule has 0 radical (unpaired) electrons. The Hall–Kier alpha value is -4.80. The first-order valence-corrected chi connectivity index (χ1v) is 16.3. The van der Waals surface area contributed by atoms with Crippen LogP contribution in [0.15, 0.2) is 49.6 Å². The predicted octanol–water partition coefficient (Wildman–Crippen LogP) is 7.06. The van der Waals surface area contributed by atoms with E-state index < -0.39 is 17.0 Å². The Bertz CT molecular complexity index is 1910. The summed E-state index contributed by atoms with van der Waals surface area (Å²) in [6.07, 6.45) is 4.09. The van der Waals surface area contributed by atoms with Crippen LogP contribution in [0.2, 0.25) is 0 Å². The predicted molar refractivity (Wildman–Crippen MR) is 185 cm³/mol. The Morgan fingerprint density at radius 1 is 0.735 bits per heavy atom. The Morgan fingerprint density at radius 3 is 1.63 bits per heavy atom. The topological polar surface area (TPSA) is 114 Å². The van der Waals surface area contributed by atoms with E-state index in [-0.39, 0.29) is 47.5 Å². The molecular formula is C39H44N2O8. The number of carbonyl (C=O) groups is 2. The van der Waals surface area contributed by atoms with Crippen LogP contribution in [0.5, 0.6) is 34.5 Å². The molecule has 3 aliphatic heterocycles. The molecule has 0 aliphatic carbocycles. The minimum Gasteiger partial charge on any atom is -0.493 e. The number of rotatable bonds is 8. The molecule has 3 aromatic rings. The molecule has 0 saturated heterocycles. The van der Waals surface area contributed by atoms with Gasteiger partial charge in [-0.25, -0.2) is 0 Å². The lowest BCUT2D eigenvalue weighted by atomic mass is 9.79. The summed E-state index contributed by atoms with van der Waals surface area (Å²) in [4.78, 5) is 27.0. The van der Waals surface area contributed by atoms with Gasteiger partial charge in [-0.3, -0.25) is 9.59 Å². The van der Waals surface area contributed by atoms with Crippen LogP contribution in [0.25, 0.3) is 0 Å². The standard InChI is InChI=1S/C39H44N2O8/c1-11-13-40-35(42)31-21(3)22(4)32(36(43)41-14-12-2)34-33(31)46-29-16-24-20-39(49-38(7,8)26(24)18-30(29)47-34)19-23-15-27(44-9)28(45-10)17-25(23)37(5,6)48-39/h11-12,15-18H,1-2,13-14,19-20H2,3-10H3,(H,40,42)(H,41,43). The summed E-state index contributed by atoms with van der Waals surface area (Å²) in [6.45, 7) is 19.6. The SMILES string of the molecule is C=CCNC(=O)c1c(C)c(C)c(C(=O)NCC=C)c2c1Oc1cc3c(cc1O2)C(C)(C)OC1(Cc2cc(OC)c(OC)cc2C(C)(C)O1)C3. The molecule has 1 spiro atoms. The molecule has 49 heavy (non-hydrogen) atoms. The summed E-state index contributed by atoms with van der Waals surface area (Å²) in [7, 11) is 3.24. The molecule has 2 N–H and O–H groups in total. The van der Waals surface area contributed by atoms with Gasteiger partial charge in [0.1, 0.15) is 0 Å². The highest BCUT2D eigenvalue weighted by Gasteiger charge is 2.52. The van der Waals surface area contributed by atoms with E-state index in [1.807, 2.05) is 52.0 Å². The fraction of sp³-hybridized carbons (Fsp3) is 0.385. The van der Waals surface area contributed by atoms with Crippen LogP contribution >= 0.6 is 0 Å². The first kappa shape index (κ1) is 34.1. The molecule has 1 atom stereocenters. The van der Waals surface area contributed by atoms with E-state index >= 15 is 0 Å². The van der Waals surface area contributed by atoms with Crippen LogP contribution in [-0.2, 0) is 33.5 Å². The highest BCUT2D eigenvalue weighted by molar-refractivity contribution is 6.06. The average molecular weight is 669 g/mol. The van der Waals surface area contributed by atoms with E-state index in [1.54, 1.807) is 40.2 Å². The van der Waals surface area contributed by atoms with Crippen molar-refractivity contribution in [1.29, 1.82) is 0 Å². The zero-order valence-corrected chi connectivity index (χ0v) is 29.5. The Kier molecular flexibility index (Phi) is 8.53. The number of nitrogens with one attached hydrogen (secondary N) is 2. The third-order valence-electron chi connectivity index (χ3n) is 9.54. The summed E-state index contributed by atoms with van der Waals surface area (Å²) in [5.41, 5.74) is 4.16. The Balaban J connectivity index is 1.45. The molecule has 0 saturated carbocycles. The van der Waals surface area contributed by atoms with E-state index in [4.69, 9.17) is 28.4 Å². The van der Waals surface area contributed by atoms with Gasteiger partial charge in [-0.1, -0.05) is 12.2 Å². The largest absolute Gasteiger partial charge is 0.493 e. The number of amides is 2. The molecule has 0 bridgehead atoms. The first-order valence-electron chi connectivity index (χ1n) is 16.3. The van der Waals surface area contributed by atoms with Crippen molar-refractivity contribution < 1.29 is 38.0 Å². The lowest BCUT2D eigenvalue weighted by molar-refractivity contribution is -0.335. The van der Waals surface area contributed by atoms with Gasteiger partial charge in [-0.2, -0.15) is 0 Å². The number of carbonyl (C=O) groups excluding carboxylic acids is 2. The maximum Gasteiger partial charge on any atom is 0.255 e. The molecule has 3 heterocycles. The molecule has 0 fully saturated rings. The summed E-state index contributed by atoms with van der Waals surface area (Å²) in [5, 5.41) is 5.69. The second-order valence-corrected chi connectivity index (χ2v) is 13.7. The van der Waals surface area contributed by atoms with Gasteiger partial charge < -0.3 is 39.1 Å². The second-order valence-electron chi connectivity index (χ2n) is 13.7. The number of hydrogen-bond donors (Lipinski definition) is 2. The van der Waals surface area contributed by atoms with Crippen molar-refractivity contribution in [2.75, 3.05) is 27.3 Å². The van der Waals surface area contributed by atoms with Crippen LogP contribution in [-0.4, -0.2) is 44.9 Å². The van der Waals surface area contributed by atoms with Crippen LogP contribution in [0.4, 0.5) is 0 Å². The van der Waals surface area contributed by atoms with Crippen molar-refractivity contribution in [2.24, 2.45) is 0 Å². The van der Waals surface area contributed by atoms with Gasteiger partial charge in [0.15, 0.2) is 40.3 Å². The fourth-order valence-electron chi connectivity index (χ4n) is 7.35. The van der Waals surface area contributed by atoms with Crippen molar-refractivity contribution in [3.8, 4) is 34.5 Å². The van der Waals surface area contributed by atoms with Crippen molar-refractivity contribution in [1.82, 2.24) is 10.6 Å². The van der Waals surface area contributed by atoms with E-state index in [2.05, 4.69) is 23.8 Å². The van der Waals surface area contributed by atoms with E-state index in [9.17, 15) is 9.59 Å². The summed E-state index contributed by atoms with van der Waals surface area (Å²) < 4.78 is 38.1. The van der Waals surface area contributed by atoms with Crippen molar-refractivity contribution in [2.45, 2.75) is 71.4 Å². The normalized spacial score (nSPS) is 19.1. The van der Waals surface area contributed by atoms with Gasteiger partial charge in [0.25, 0.3) is 11.8 Å². The third kappa shape index (κ3) is 5.72. The Morgan fingerprint density at radius 2 is 1.16 bits per heavy atom. The van der Waals surface area contributed by atoms with Crippen LogP contribution in [0, 0.1) is 13.8 Å². The van der Waals surface area contributed by atoms with E-state index in [0.717, 1.165) is 22.3 Å². The molecule has 258 valence electrons. The summed E-state index contributed by atoms with van der Waals surface area (Å²) in [5.74, 6) is 0.708. The molecular weight excluding hydrogens is 624 g/mol. The quantitative estimate of drug-likeness (QED) is 0.192. The highest BCUT2D eigenvalue weighted by atomic mass is 16.7. The van der Waals surface area contributed by atoms with Gasteiger partial charge >= 0.3 is 0 Å². The summed E-state index contributed by atoms with van der Waals surface area (Å²) in [6, 6.07) is 7.80. The number of ether oxygens (including phenoxy) is 6. The van der Waals surface area contributed by atoms with Crippen LogP contribution < -0.4 is 29.6 Å². The van der Waals surface area contributed by atoms with E-state index in [1.165, 1.54) is 0 Å².